The second-order valence-corrected chi connectivity index (χ2v) is 3.87. The second kappa shape index (κ2) is 4.21. The average molecular weight is 179 g/mol. The number of anilines is 1. The Labute approximate surface area is 77.7 Å². The maximum atomic E-state index is 5.63. The van der Waals surface area contributed by atoms with Crippen LogP contribution in [0, 0.1) is 0 Å². The highest BCUT2D eigenvalue weighted by Crippen LogP contribution is 2.21. The second-order valence-electron chi connectivity index (χ2n) is 2.82. The molecule has 12 heavy (non-hydrogen) atoms. The van der Waals surface area contributed by atoms with Crippen molar-refractivity contribution in [3.8, 4) is 0 Å². The number of benzene rings is 1. The Hall–Kier alpha value is -0.890. The van der Waals surface area contributed by atoms with Gasteiger partial charge in [0, 0.05) is 16.3 Å². The SMILES string of the molecule is C=C(C)CSc1cccc(N)c1. The van der Waals surface area contributed by atoms with Gasteiger partial charge >= 0.3 is 0 Å². The lowest BCUT2D eigenvalue weighted by molar-refractivity contribution is 1.40. The van der Waals surface area contributed by atoms with Gasteiger partial charge in [-0.2, -0.15) is 0 Å². The molecular formula is C10H13NS. The first-order chi connectivity index (χ1) is 5.68. The smallest absolute Gasteiger partial charge is 0.0325 e. The van der Waals surface area contributed by atoms with Crippen molar-refractivity contribution in [1.82, 2.24) is 0 Å². The van der Waals surface area contributed by atoms with Gasteiger partial charge in [0.2, 0.25) is 0 Å². The van der Waals surface area contributed by atoms with Gasteiger partial charge < -0.3 is 5.73 Å². The summed E-state index contributed by atoms with van der Waals surface area (Å²) in [6.07, 6.45) is 0. The number of hydrogen-bond acceptors (Lipinski definition) is 2. The van der Waals surface area contributed by atoms with Gasteiger partial charge in [0.1, 0.15) is 0 Å². The predicted octanol–water partition coefficient (Wildman–Crippen LogP) is 2.94. The summed E-state index contributed by atoms with van der Waals surface area (Å²) in [4.78, 5) is 1.21. The van der Waals surface area contributed by atoms with Gasteiger partial charge in [-0.25, -0.2) is 0 Å². The maximum absolute atomic E-state index is 5.63. The summed E-state index contributed by atoms with van der Waals surface area (Å²) in [6, 6.07) is 7.90. The molecule has 1 aromatic rings. The maximum Gasteiger partial charge on any atom is 0.0325 e. The van der Waals surface area contributed by atoms with E-state index >= 15 is 0 Å². The van der Waals surface area contributed by atoms with Crippen LogP contribution >= 0.6 is 11.8 Å². The molecule has 0 aliphatic carbocycles. The summed E-state index contributed by atoms with van der Waals surface area (Å²) in [5.74, 6) is 0.962. The van der Waals surface area contributed by atoms with Crippen LogP contribution in [0.4, 0.5) is 5.69 Å². The molecule has 0 heterocycles. The van der Waals surface area contributed by atoms with Crippen LogP contribution in [0.25, 0.3) is 0 Å². The van der Waals surface area contributed by atoms with Crippen LogP contribution in [0.1, 0.15) is 6.92 Å². The van der Waals surface area contributed by atoms with Crippen LogP contribution in [0.5, 0.6) is 0 Å². The van der Waals surface area contributed by atoms with E-state index in [9.17, 15) is 0 Å². The molecule has 0 spiro atoms. The van der Waals surface area contributed by atoms with Crippen molar-refractivity contribution in [3.05, 3.63) is 36.4 Å². The molecule has 0 saturated carbocycles. The highest BCUT2D eigenvalue weighted by atomic mass is 32.2. The summed E-state index contributed by atoms with van der Waals surface area (Å²) in [7, 11) is 0. The highest BCUT2D eigenvalue weighted by molar-refractivity contribution is 7.99. The molecule has 2 N–H and O–H groups in total. The Balaban J connectivity index is 2.57. The first-order valence-electron chi connectivity index (χ1n) is 3.81. The Bertz CT molecular complexity index is 281. The molecule has 1 nitrogen and oxygen atoms in total. The number of nitrogens with two attached hydrogens (primary N) is 1. The molecule has 0 amide bonds. The first kappa shape index (κ1) is 9.20. The van der Waals surface area contributed by atoms with E-state index in [1.54, 1.807) is 11.8 Å². The Morgan fingerprint density at radius 1 is 1.58 bits per heavy atom. The molecule has 0 atom stereocenters. The fourth-order valence-corrected chi connectivity index (χ4v) is 1.62. The molecule has 1 rings (SSSR count). The molecule has 2 heteroatoms. The first-order valence-corrected chi connectivity index (χ1v) is 4.80. The molecule has 0 radical (unpaired) electrons. The van der Waals surface area contributed by atoms with E-state index in [1.807, 2.05) is 25.1 Å². The molecular weight excluding hydrogens is 166 g/mol. The van der Waals surface area contributed by atoms with E-state index in [0.29, 0.717) is 0 Å². The van der Waals surface area contributed by atoms with E-state index in [4.69, 9.17) is 5.73 Å². The molecule has 64 valence electrons. The summed E-state index contributed by atoms with van der Waals surface area (Å²) in [5.41, 5.74) is 7.63. The molecule has 0 saturated heterocycles. The van der Waals surface area contributed by atoms with Crippen LogP contribution in [0.2, 0.25) is 0 Å². The van der Waals surface area contributed by atoms with E-state index < -0.39 is 0 Å². The lowest BCUT2D eigenvalue weighted by Crippen LogP contribution is -1.84. The van der Waals surface area contributed by atoms with Crippen molar-refractivity contribution in [2.24, 2.45) is 0 Å². The Morgan fingerprint density at radius 3 is 2.92 bits per heavy atom. The summed E-state index contributed by atoms with van der Waals surface area (Å²) < 4.78 is 0. The normalized spacial score (nSPS) is 9.75. The highest BCUT2D eigenvalue weighted by Gasteiger charge is 1.93. The third-order valence-electron chi connectivity index (χ3n) is 1.34. The van der Waals surface area contributed by atoms with Gasteiger partial charge in [0.25, 0.3) is 0 Å². The molecule has 0 aliphatic heterocycles. The van der Waals surface area contributed by atoms with Gasteiger partial charge in [-0.05, 0) is 25.1 Å². The van der Waals surface area contributed by atoms with E-state index in [1.165, 1.54) is 10.5 Å². The topological polar surface area (TPSA) is 26.0 Å². The van der Waals surface area contributed by atoms with E-state index in [0.717, 1.165) is 11.4 Å². The van der Waals surface area contributed by atoms with Crippen LogP contribution in [-0.4, -0.2) is 5.75 Å². The Kier molecular flexibility index (Phi) is 3.23. The van der Waals surface area contributed by atoms with Crippen molar-refractivity contribution < 1.29 is 0 Å². The third kappa shape index (κ3) is 3.01. The van der Waals surface area contributed by atoms with Gasteiger partial charge in [-0.15, -0.1) is 11.8 Å². The predicted molar refractivity (Wildman–Crippen MR) is 56.4 cm³/mol. The van der Waals surface area contributed by atoms with Crippen LogP contribution in [0.15, 0.2) is 41.3 Å². The number of nitrogen functional groups attached to an aromatic ring is 1. The standard InChI is InChI=1S/C10H13NS/c1-8(2)7-12-10-5-3-4-9(11)6-10/h3-6H,1,7,11H2,2H3. The van der Waals surface area contributed by atoms with Gasteiger partial charge in [-0.1, -0.05) is 18.2 Å². The number of rotatable bonds is 3. The minimum atomic E-state index is 0.821. The van der Waals surface area contributed by atoms with Crippen molar-refractivity contribution in [3.63, 3.8) is 0 Å². The van der Waals surface area contributed by atoms with Crippen molar-refractivity contribution >= 4 is 17.4 Å². The van der Waals surface area contributed by atoms with Gasteiger partial charge in [-0.3, -0.25) is 0 Å². The molecule has 0 unspecified atom stereocenters. The van der Waals surface area contributed by atoms with E-state index in [-0.39, 0.29) is 0 Å². The van der Waals surface area contributed by atoms with Crippen molar-refractivity contribution in [2.45, 2.75) is 11.8 Å². The summed E-state index contributed by atoms with van der Waals surface area (Å²) in [6.45, 7) is 5.87. The Morgan fingerprint density at radius 2 is 2.33 bits per heavy atom. The number of hydrogen-bond donors (Lipinski definition) is 1. The van der Waals surface area contributed by atoms with Crippen LogP contribution < -0.4 is 5.73 Å². The summed E-state index contributed by atoms with van der Waals surface area (Å²) in [5, 5.41) is 0. The molecule has 0 aromatic heterocycles. The zero-order chi connectivity index (χ0) is 8.97. The van der Waals surface area contributed by atoms with Gasteiger partial charge in [0.15, 0.2) is 0 Å². The quantitative estimate of drug-likeness (QED) is 0.438. The molecule has 1 aromatic carbocycles. The molecule has 0 fully saturated rings. The monoisotopic (exact) mass is 179 g/mol. The van der Waals surface area contributed by atoms with Crippen molar-refractivity contribution in [1.29, 1.82) is 0 Å². The third-order valence-corrected chi connectivity index (χ3v) is 2.57. The zero-order valence-corrected chi connectivity index (χ0v) is 8.03. The minimum Gasteiger partial charge on any atom is -0.399 e. The fourth-order valence-electron chi connectivity index (χ4n) is 0.811. The lowest BCUT2D eigenvalue weighted by Gasteiger charge is -2.01. The largest absolute Gasteiger partial charge is 0.399 e. The van der Waals surface area contributed by atoms with Gasteiger partial charge in [0.05, 0.1) is 0 Å². The average Bonchev–Trinajstić information content (AvgIpc) is 2.01. The summed E-state index contributed by atoms with van der Waals surface area (Å²) >= 11 is 1.76. The zero-order valence-electron chi connectivity index (χ0n) is 7.21. The number of thioether (sulfide) groups is 1. The fraction of sp³-hybridized carbons (Fsp3) is 0.200. The van der Waals surface area contributed by atoms with Crippen LogP contribution in [0.3, 0.4) is 0 Å². The molecule has 0 aliphatic rings. The van der Waals surface area contributed by atoms with E-state index in [2.05, 4.69) is 12.6 Å². The minimum absolute atomic E-state index is 0.821. The molecule has 0 bridgehead atoms. The van der Waals surface area contributed by atoms with Crippen molar-refractivity contribution in [2.75, 3.05) is 11.5 Å². The van der Waals surface area contributed by atoms with Crippen LogP contribution in [-0.2, 0) is 0 Å². The lowest BCUT2D eigenvalue weighted by atomic mass is 10.3.